The SMILES string of the molecule is C=CC(=O)OC(F)(F)c1occ(F)c1F. The number of alkyl halides is 2. The number of hydrogen-bond donors (Lipinski definition) is 0. The number of esters is 1. The molecule has 1 aromatic rings. The van der Waals surface area contributed by atoms with E-state index in [1.165, 1.54) is 0 Å². The monoisotopic (exact) mass is 224 g/mol. The summed E-state index contributed by atoms with van der Waals surface area (Å²) in [4.78, 5) is 10.4. The maximum Gasteiger partial charge on any atom is 0.466 e. The molecule has 0 saturated heterocycles. The van der Waals surface area contributed by atoms with Gasteiger partial charge in [-0.15, -0.1) is 0 Å². The van der Waals surface area contributed by atoms with Gasteiger partial charge >= 0.3 is 12.1 Å². The topological polar surface area (TPSA) is 39.4 Å². The summed E-state index contributed by atoms with van der Waals surface area (Å²) >= 11 is 0. The lowest BCUT2D eigenvalue weighted by molar-refractivity contribution is -0.245. The van der Waals surface area contributed by atoms with Crippen LogP contribution in [0.5, 0.6) is 0 Å². The van der Waals surface area contributed by atoms with Crippen molar-refractivity contribution in [1.29, 1.82) is 0 Å². The molecule has 0 spiro atoms. The molecule has 1 heterocycles. The lowest BCUT2D eigenvalue weighted by atomic mass is 10.4. The van der Waals surface area contributed by atoms with Crippen LogP contribution in [0.25, 0.3) is 0 Å². The second kappa shape index (κ2) is 3.76. The van der Waals surface area contributed by atoms with E-state index in [9.17, 15) is 22.4 Å². The lowest BCUT2D eigenvalue weighted by Gasteiger charge is -2.12. The zero-order valence-electron chi connectivity index (χ0n) is 7.10. The molecule has 0 aliphatic rings. The summed E-state index contributed by atoms with van der Waals surface area (Å²) in [6.45, 7) is 2.86. The third kappa shape index (κ3) is 2.17. The van der Waals surface area contributed by atoms with Crippen molar-refractivity contribution >= 4 is 5.97 Å². The van der Waals surface area contributed by atoms with Crippen LogP contribution < -0.4 is 0 Å². The second-order valence-corrected chi connectivity index (χ2v) is 2.37. The predicted octanol–water partition coefficient (Wildman–Crippen LogP) is 2.34. The Bertz CT molecular complexity index is 397. The Morgan fingerprint density at radius 3 is 2.53 bits per heavy atom. The number of halogens is 4. The number of furan rings is 1. The summed E-state index contributed by atoms with van der Waals surface area (Å²) in [5, 5.41) is 0. The van der Waals surface area contributed by atoms with Crippen molar-refractivity contribution < 1.29 is 31.5 Å². The third-order valence-electron chi connectivity index (χ3n) is 1.35. The predicted molar refractivity (Wildman–Crippen MR) is 38.8 cm³/mol. The molecule has 0 bridgehead atoms. The number of carbonyl (C=O) groups is 1. The molecular formula is C8H4F4O3. The van der Waals surface area contributed by atoms with Crippen molar-refractivity contribution in [3.63, 3.8) is 0 Å². The van der Waals surface area contributed by atoms with Crippen LogP contribution in [0.3, 0.4) is 0 Å². The van der Waals surface area contributed by atoms with Crippen LogP contribution in [0, 0.1) is 11.6 Å². The third-order valence-corrected chi connectivity index (χ3v) is 1.35. The van der Waals surface area contributed by atoms with Crippen LogP contribution in [0.1, 0.15) is 5.76 Å². The minimum absolute atomic E-state index is 0.139. The number of rotatable bonds is 3. The van der Waals surface area contributed by atoms with Crippen LogP contribution >= 0.6 is 0 Å². The number of hydrogen-bond acceptors (Lipinski definition) is 3. The van der Waals surface area contributed by atoms with Gasteiger partial charge in [-0.05, 0) is 0 Å². The molecule has 0 aliphatic carbocycles. The van der Waals surface area contributed by atoms with E-state index >= 15 is 0 Å². The average Bonchev–Trinajstić information content (AvgIpc) is 2.47. The molecule has 1 rings (SSSR count). The Morgan fingerprint density at radius 1 is 1.53 bits per heavy atom. The summed E-state index contributed by atoms with van der Waals surface area (Å²) in [5.41, 5.74) is 0. The zero-order chi connectivity index (χ0) is 11.6. The maximum atomic E-state index is 12.9. The first-order chi connectivity index (χ1) is 6.88. The van der Waals surface area contributed by atoms with E-state index in [4.69, 9.17) is 0 Å². The standard InChI is InChI=1S/C8H4F4O3/c1-2-5(13)15-8(11,12)7-6(10)4(9)3-14-7/h2-3H,1H2. The van der Waals surface area contributed by atoms with Crippen LogP contribution in [-0.2, 0) is 15.6 Å². The van der Waals surface area contributed by atoms with Gasteiger partial charge < -0.3 is 9.15 Å². The van der Waals surface area contributed by atoms with E-state index in [1.54, 1.807) is 0 Å². The first-order valence-corrected chi connectivity index (χ1v) is 3.54. The smallest absolute Gasteiger partial charge is 0.453 e. The van der Waals surface area contributed by atoms with E-state index in [1.807, 2.05) is 0 Å². The van der Waals surface area contributed by atoms with Gasteiger partial charge in [0.2, 0.25) is 5.82 Å². The summed E-state index contributed by atoms with van der Waals surface area (Å²) < 4.78 is 58.1. The van der Waals surface area contributed by atoms with Crippen molar-refractivity contribution in [1.82, 2.24) is 0 Å². The van der Waals surface area contributed by atoms with Crippen LogP contribution in [-0.4, -0.2) is 5.97 Å². The van der Waals surface area contributed by atoms with E-state index in [0.717, 1.165) is 0 Å². The molecule has 3 nitrogen and oxygen atoms in total. The highest BCUT2D eigenvalue weighted by molar-refractivity contribution is 5.81. The highest BCUT2D eigenvalue weighted by Gasteiger charge is 2.44. The van der Waals surface area contributed by atoms with Crippen LogP contribution in [0.15, 0.2) is 23.3 Å². The molecule has 0 unspecified atom stereocenters. The van der Waals surface area contributed by atoms with Gasteiger partial charge in [-0.1, -0.05) is 6.58 Å². The summed E-state index contributed by atoms with van der Waals surface area (Å²) in [6.07, 6.45) is -3.79. The molecular weight excluding hydrogens is 220 g/mol. The first kappa shape index (κ1) is 11.3. The van der Waals surface area contributed by atoms with Crippen molar-refractivity contribution in [3.05, 3.63) is 36.3 Å². The van der Waals surface area contributed by atoms with Gasteiger partial charge in [-0.25, -0.2) is 9.18 Å². The average molecular weight is 224 g/mol. The highest BCUT2D eigenvalue weighted by Crippen LogP contribution is 2.33. The van der Waals surface area contributed by atoms with E-state index < -0.39 is 29.5 Å². The van der Waals surface area contributed by atoms with E-state index in [0.29, 0.717) is 6.08 Å². The Labute approximate surface area is 80.9 Å². The largest absolute Gasteiger partial charge is 0.466 e. The van der Waals surface area contributed by atoms with Crippen molar-refractivity contribution in [3.8, 4) is 0 Å². The van der Waals surface area contributed by atoms with Crippen LogP contribution in [0.4, 0.5) is 17.6 Å². The minimum Gasteiger partial charge on any atom is -0.453 e. The fourth-order valence-electron chi connectivity index (χ4n) is 0.733. The molecule has 0 aromatic carbocycles. The number of carbonyl (C=O) groups excluding carboxylic acids is 1. The lowest BCUT2D eigenvalue weighted by Crippen LogP contribution is -2.22. The maximum absolute atomic E-state index is 12.9. The van der Waals surface area contributed by atoms with Gasteiger partial charge in [0.25, 0.3) is 5.76 Å². The van der Waals surface area contributed by atoms with Gasteiger partial charge in [-0.3, -0.25) is 0 Å². The molecule has 0 amide bonds. The van der Waals surface area contributed by atoms with Crippen molar-refractivity contribution in [2.45, 2.75) is 6.11 Å². The molecule has 0 N–H and O–H groups in total. The van der Waals surface area contributed by atoms with Gasteiger partial charge in [0.1, 0.15) is 6.26 Å². The molecule has 0 fully saturated rings. The van der Waals surface area contributed by atoms with Gasteiger partial charge in [0.05, 0.1) is 0 Å². The number of ether oxygens (including phenoxy) is 1. The quantitative estimate of drug-likeness (QED) is 0.449. The molecule has 0 aliphatic heterocycles. The Morgan fingerprint density at radius 2 is 2.13 bits per heavy atom. The zero-order valence-corrected chi connectivity index (χ0v) is 7.10. The molecule has 1 aromatic heterocycles. The molecule has 7 heteroatoms. The second-order valence-electron chi connectivity index (χ2n) is 2.37. The Hall–Kier alpha value is -1.79. The van der Waals surface area contributed by atoms with Crippen LogP contribution in [0.2, 0.25) is 0 Å². The summed E-state index contributed by atoms with van der Waals surface area (Å²) in [6, 6.07) is 0. The molecule has 15 heavy (non-hydrogen) atoms. The Kier molecular flexibility index (Phi) is 2.83. The van der Waals surface area contributed by atoms with Gasteiger partial charge in [0.15, 0.2) is 5.82 Å². The Balaban J connectivity index is 3.00. The fourth-order valence-corrected chi connectivity index (χ4v) is 0.733. The molecule has 0 radical (unpaired) electrons. The normalized spacial score (nSPS) is 11.2. The molecule has 0 atom stereocenters. The van der Waals surface area contributed by atoms with E-state index in [2.05, 4.69) is 15.7 Å². The minimum atomic E-state index is -4.38. The first-order valence-electron chi connectivity index (χ1n) is 3.54. The van der Waals surface area contributed by atoms with E-state index in [-0.39, 0.29) is 6.26 Å². The molecule has 82 valence electrons. The van der Waals surface area contributed by atoms with Gasteiger partial charge in [0, 0.05) is 6.08 Å². The van der Waals surface area contributed by atoms with Gasteiger partial charge in [-0.2, -0.15) is 13.2 Å². The summed E-state index contributed by atoms with van der Waals surface area (Å²) in [7, 11) is 0. The highest BCUT2D eigenvalue weighted by atomic mass is 19.3. The molecule has 0 saturated carbocycles. The fraction of sp³-hybridized carbons (Fsp3) is 0.125. The summed E-state index contributed by atoms with van der Waals surface area (Å²) in [5.74, 6) is -6.69. The van der Waals surface area contributed by atoms with Crippen molar-refractivity contribution in [2.24, 2.45) is 0 Å². The van der Waals surface area contributed by atoms with Crippen molar-refractivity contribution in [2.75, 3.05) is 0 Å².